The van der Waals surface area contributed by atoms with Gasteiger partial charge in [-0.25, -0.2) is 0 Å². The minimum absolute atomic E-state index is 0.0147. The van der Waals surface area contributed by atoms with Crippen LogP contribution in [-0.4, -0.2) is 17.9 Å². The smallest absolute Gasteiger partial charge is 0.317 e. The fourth-order valence-corrected chi connectivity index (χ4v) is 4.84. The Labute approximate surface area is 150 Å². The average molecular weight is 340 g/mol. The normalized spacial score (nSPS) is 28.8. The van der Waals surface area contributed by atoms with E-state index >= 15 is 0 Å². The van der Waals surface area contributed by atoms with Gasteiger partial charge in [-0.1, -0.05) is 62.4 Å². The highest BCUT2D eigenvalue weighted by Crippen LogP contribution is 2.49. The van der Waals surface area contributed by atoms with E-state index in [1.807, 2.05) is 18.2 Å². The van der Waals surface area contributed by atoms with E-state index in [2.05, 4.69) is 12.1 Å². The lowest BCUT2D eigenvalue weighted by molar-refractivity contribution is -0.145. The zero-order valence-electron chi connectivity index (χ0n) is 14.9. The highest BCUT2D eigenvalue weighted by Gasteiger charge is 2.51. The molecule has 1 heterocycles. The Morgan fingerprint density at radius 3 is 2.32 bits per heavy atom. The van der Waals surface area contributed by atoms with Crippen molar-refractivity contribution in [1.82, 2.24) is 0 Å². The first-order chi connectivity index (χ1) is 12.2. The molecule has 3 fully saturated rings. The Morgan fingerprint density at radius 2 is 1.64 bits per heavy atom. The summed E-state index contributed by atoms with van der Waals surface area (Å²) in [5.41, 5.74) is 1.12. The van der Waals surface area contributed by atoms with Crippen LogP contribution in [0.1, 0.15) is 69.3 Å². The average Bonchev–Trinajstić information content (AvgIpc) is 3.44. The van der Waals surface area contributed by atoms with E-state index in [9.17, 15) is 9.59 Å². The van der Waals surface area contributed by atoms with Crippen LogP contribution in [-0.2, 0) is 14.3 Å². The molecule has 0 radical (unpaired) electrons. The predicted molar refractivity (Wildman–Crippen MR) is 96.1 cm³/mol. The second kappa shape index (κ2) is 7.31. The summed E-state index contributed by atoms with van der Waals surface area (Å²) < 4.78 is 5.57. The van der Waals surface area contributed by atoms with E-state index in [-0.39, 0.29) is 17.7 Å². The lowest BCUT2D eigenvalue weighted by Gasteiger charge is -2.22. The second-order valence-electron chi connectivity index (χ2n) is 8.16. The first-order valence-corrected chi connectivity index (χ1v) is 10.0. The molecule has 3 heteroatoms. The van der Waals surface area contributed by atoms with Gasteiger partial charge in [0.15, 0.2) is 11.9 Å². The molecule has 0 amide bonds. The molecule has 134 valence electrons. The number of ether oxygens (including phenoxy) is 1. The quantitative estimate of drug-likeness (QED) is 0.559. The van der Waals surface area contributed by atoms with Crippen molar-refractivity contribution in [2.75, 3.05) is 0 Å². The van der Waals surface area contributed by atoms with Gasteiger partial charge in [-0.15, -0.1) is 0 Å². The summed E-state index contributed by atoms with van der Waals surface area (Å²) in [5, 5.41) is 0. The van der Waals surface area contributed by atoms with E-state index in [4.69, 9.17) is 4.74 Å². The molecule has 0 aromatic heterocycles. The van der Waals surface area contributed by atoms with Crippen molar-refractivity contribution in [2.24, 2.45) is 17.8 Å². The fraction of sp³-hybridized carbons (Fsp3) is 0.636. The molecule has 1 saturated heterocycles. The summed E-state index contributed by atoms with van der Waals surface area (Å²) in [6, 6.07) is 10.1. The van der Waals surface area contributed by atoms with Crippen molar-refractivity contribution in [3.8, 4) is 0 Å². The molecule has 4 rings (SSSR count). The van der Waals surface area contributed by atoms with Crippen LogP contribution >= 0.6 is 0 Å². The van der Waals surface area contributed by atoms with Gasteiger partial charge < -0.3 is 4.74 Å². The minimum Gasteiger partial charge on any atom is -0.454 e. The number of carbonyl (C=O) groups excluding carboxylic acids is 2. The standard InChI is InChI=1S/C22H28O3/c23-21-18(14-11-15-7-3-1-4-8-15)25-22(24)20(21)19(17-12-13-17)16-9-5-2-6-10-16/h2,5-6,9-10,15,17-20H,1,3-4,7-8,11-14H2. The number of hydrogen-bond donors (Lipinski definition) is 0. The van der Waals surface area contributed by atoms with E-state index < -0.39 is 12.0 Å². The first-order valence-electron chi connectivity index (χ1n) is 10.0. The van der Waals surface area contributed by atoms with Crippen molar-refractivity contribution in [3.05, 3.63) is 35.9 Å². The Bertz CT molecular complexity index is 613. The van der Waals surface area contributed by atoms with Gasteiger partial charge in [0.1, 0.15) is 5.92 Å². The van der Waals surface area contributed by atoms with Crippen molar-refractivity contribution in [1.29, 1.82) is 0 Å². The minimum atomic E-state index is -0.578. The van der Waals surface area contributed by atoms with Crippen LogP contribution in [0.2, 0.25) is 0 Å². The molecule has 3 unspecified atom stereocenters. The monoisotopic (exact) mass is 340 g/mol. The Kier molecular flexibility index (Phi) is 4.91. The van der Waals surface area contributed by atoms with Gasteiger partial charge in [-0.05, 0) is 43.1 Å². The molecule has 2 saturated carbocycles. The number of Topliss-reactive ketones (excluding diaryl/α,β-unsaturated/α-hetero) is 1. The largest absolute Gasteiger partial charge is 0.454 e. The fourth-order valence-electron chi connectivity index (χ4n) is 4.84. The zero-order chi connectivity index (χ0) is 17.2. The van der Waals surface area contributed by atoms with Gasteiger partial charge in [-0.3, -0.25) is 9.59 Å². The van der Waals surface area contributed by atoms with Crippen molar-refractivity contribution in [3.63, 3.8) is 0 Å². The molecular formula is C22H28O3. The van der Waals surface area contributed by atoms with Crippen LogP contribution in [0.15, 0.2) is 30.3 Å². The molecule has 1 aliphatic heterocycles. The van der Waals surface area contributed by atoms with Crippen LogP contribution in [0.25, 0.3) is 0 Å². The second-order valence-corrected chi connectivity index (χ2v) is 8.16. The van der Waals surface area contributed by atoms with Crippen LogP contribution < -0.4 is 0 Å². The third-order valence-corrected chi connectivity index (χ3v) is 6.37. The lowest BCUT2D eigenvalue weighted by Crippen LogP contribution is -2.28. The predicted octanol–water partition coefficient (Wildman–Crippen LogP) is 4.65. The molecular weight excluding hydrogens is 312 g/mol. The zero-order valence-corrected chi connectivity index (χ0v) is 14.9. The molecule has 1 aromatic carbocycles. The molecule has 0 N–H and O–H groups in total. The van der Waals surface area contributed by atoms with Crippen LogP contribution in [0, 0.1) is 17.8 Å². The highest BCUT2D eigenvalue weighted by molar-refractivity contribution is 6.07. The van der Waals surface area contributed by atoms with Gasteiger partial charge >= 0.3 is 5.97 Å². The SMILES string of the molecule is O=C1OC(CCC2CCCCC2)C(=O)C1C(c1ccccc1)C1CC1. The number of benzene rings is 1. The summed E-state index contributed by atoms with van der Waals surface area (Å²) in [4.78, 5) is 25.5. The Morgan fingerprint density at radius 1 is 0.920 bits per heavy atom. The van der Waals surface area contributed by atoms with Crippen molar-refractivity contribution < 1.29 is 14.3 Å². The number of hydrogen-bond acceptors (Lipinski definition) is 3. The van der Waals surface area contributed by atoms with E-state index in [0.717, 1.165) is 31.2 Å². The topological polar surface area (TPSA) is 43.4 Å². The maximum Gasteiger partial charge on any atom is 0.317 e. The molecule has 0 bridgehead atoms. The van der Waals surface area contributed by atoms with E-state index in [1.54, 1.807) is 0 Å². The molecule has 1 aromatic rings. The van der Waals surface area contributed by atoms with Gasteiger partial charge in [0.2, 0.25) is 0 Å². The van der Waals surface area contributed by atoms with Crippen LogP contribution in [0.3, 0.4) is 0 Å². The number of ketones is 1. The third kappa shape index (κ3) is 3.65. The lowest BCUT2D eigenvalue weighted by atomic mass is 9.79. The number of cyclic esters (lactones) is 1. The summed E-state index contributed by atoms with van der Waals surface area (Å²) in [6.45, 7) is 0. The summed E-state index contributed by atoms with van der Waals surface area (Å²) in [7, 11) is 0. The number of esters is 1. The van der Waals surface area contributed by atoms with Gasteiger partial charge in [0.25, 0.3) is 0 Å². The maximum atomic E-state index is 13.0. The molecule has 3 atom stereocenters. The summed E-state index contributed by atoms with van der Waals surface area (Å²) in [6.07, 6.45) is 9.98. The third-order valence-electron chi connectivity index (χ3n) is 6.37. The van der Waals surface area contributed by atoms with Gasteiger partial charge in [-0.2, -0.15) is 0 Å². The number of carbonyl (C=O) groups is 2. The van der Waals surface area contributed by atoms with E-state index in [0.29, 0.717) is 11.8 Å². The van der Waals surface area contributed by atoms with Gasteiger partial charge in [0.05, 0.1) is 0 Å². The first kappa shape index (κ1) is 16.8. The maximum absolute atomic E-state index is 13.0. The molecule has 0 spiro atoms. The molecule has 3 aliphatic rings. The summed E-state index contributed by atoms with van der Waals surface area (Å²) >= 11 is 0. The highest BCUT2D eigenvalue weighted by atomic mass is 16.6. The van der Waals surface area contributed by atoms with Crippen LogP contribution in [0.5, 0.6) is 0 Å². The van der Waals surface area contributed by atoms with E-state index in [1.165, 1.54) is 32.1 Å². The summed E-state index contributed by atoms with van der Waals surface area (Å²) in [5.74, 6) is 0.377. The molecule has 25 heavy (non-hydrogen) atoms. The van der Waals surface area contributed by atoms with Crippen molar-refractivity contribution >= 4 is 11.8 Å². The molecule has 3 nitrogen and oxygen atoms in total. The number of rotatable bonds is 6. The Hall–Kier alpha value is -1.64. The van der Waals surface area contributed by atoms with Crippen molar-refractivity contribution in [2.45, 2.75) is 69.8 Å². The van der Waals surface area contributed by atoms with Gasteiger partial charge in [0, 0.05) is 5.92 Å². The Balaban J connectivity index is 1.44. The molecule has 2 aliphatic carbocycles. The van der Waals surface area contributed by atoms with Crippen LogP contribution in [0.4, 0.5) is 0 Å².